The molecule has 7 heteroatoms. The van der Waals surface area contributed by atoms with Crippen molar-refractivity contribution < 1.29 is 19.5 Å². The van der Waals surface area contributed by atoms with Gasteiger partial charge < -0.3 is 10.2 Å². The Morgan fingerprint density at radius 2 is 2.11 bits per heavy atom. The summed E-state index contributed by atoms with van der Waals surface area (Å²) in [4.78, 5) is 9.98. The second-order valence-electron chi connectivity index (χ2n) is 3.89. The SMILES string of the molecule is Cc1c(C(O)C(O)CCCl)cc(F)cc1[N+](=O)[O-]. The summed E-state index contributed by atoms with van der Waals surface area (Å²) in [5.74, 6) is -0.714. The second kappa shape index (κ2) is 6.08. The number of nitrogens with zero attached hydrogens (tertiary/aromatic N) is 1. The van der Waals surface area contributed by atoms with Crippen LogP contribution in [0.5, 0.6) is 0 Å². The van der Waals surface area contributed by atoms with Gasteiger partial charge in [0.2, 0.25) is 0 Å². The smallest absolute Gasteiger partial charge is 0.275 e. The summed E-state index contributed by atoms with van der Waals surface area (Å²) in [6, 6.07) is 1.75. The van der Waals surface area contributed by atoms with E-state index in [1.165, 1.54) is 6.92 Å². The lowest BCUT2D eigenvalue weighted by Crippen LogP contribution is -2.20. The maximum absolute atomic E-state index is 13.3. The Bertz CT molecular complexity index is 455. The number of halogens is 2. The van der Waals surface area contributed by atoms with Crippen molar-refractivity contribution in [3.8, 4) is 0 Å². The van der Waals surface area contributed by atoms with E-state index in [1.54, 1.807) is 0 Å². The van der Waals surface area contributed by atoms with Gasteiger partial charge in [-0.3, -0.25) is 10.1 Å². The lowest BCUT2D eigenvalue weighted by Gasteiger charge is -2.19. The molecule has 2 unspecified atom stereocenters. The zero-order chi connectivity index (χ0) is 13.9. The fraction of sp³-hybridized carbons (Fsp3) is 0.455. The lowest BCUT2D eigenvalue weighted by atomic mass is 9.97. The molecule has 0 fully saturated rings. The highest BCUT2D eigenvalue weighted by Crippen LogP contribution is 2.30. The van der Waals surface area contributed by atoms with Crippen LogP contribution < -0.4 is 0 Å². The van der Waals surface area contributed by atoms with Crippen molar-refractivity contribution in [3.63, 3.8) is 0 Å². The van der Waals surface area contributed by atoms with E-state index in [1.807, 2.05) is 0 Å². The molecule has 1 aromatic rings. The second-order valence-corrected chi connectivity index (χ2v) is 4.26. The number of aliphatic hydroxyl groups is 2. The molecule has 1 rings (SSSR count). The van der Waals surface area contributed by atoms with Gasteiger partial charge >= 0.3 is 0 Å². The molecule has 2 atom stereocenters. The van der Waals surface area contributed by atoms with Crippen LogP contribution in [0.1, 0.15) is 23.7 Å². The third kappa shape index (κ3) is 3.16. The summed E-state index contributed by atoms with van der Waals surface area (Å²) < 4.78 is 13.3. The molecule has 2 N–H and O–H groups in total. The number of hydrogen-bond acceptors (Lipinski definition) is 4. The molecule has 0 aliphatic rings. The predicted molar refractivity (Wildman–Crippen MR) is 64.1 cm³/mol. The van der Waals surface area contributed by atoms with E-state index in [2.05, 4.69) is 0 Å². The van der Waals surface area contributed by atoms with E-state index in [0.717, 1.165) is 12.1 Å². The molecule has 0 spiro atoms. The molecule has 0 aromatic heterocycles. The van der Waals surface area contributed by atoms with Gasteiger partial charge in [0.05, 0.1) is 17.1 Å². The lowest BCUT2D eigenvalue weighted by molar-refractivity contribution is -0.385. The van der Waals surface area contributed by atoms with Gasteiger partial charge in [-0.15, -0.1) is 11.6 Å². The monoisotopic (exact) mass is 277 g/mol. The first-order valence-corrected chi connectivity index (χ1v) is 5.78. The van der Waals surface area contributed by atoms with E-state index < -0.39 is 28.6 Å². The van der Waals surface area contributed by atoms with Crippen LogP contribution in [0.3, 0.4) is 0 Å². The summed E-state index contributed by atoms with van der Waals surface area (Å²) in [6.07, 6.45) is -2.49. The molecule has 100 valence electrons. The molecule has 0 saturated carbocycles. The highest BCUT2D eigenvalue weighted by Gasteiger charge is 2.25. The number of aliphatic hydroxyl groups excluding tert-OH is 2. The first kappa shape index (κ1) is 14.8. The minimum Gasteiger partial charge on any atom is -0.390 e. The van der Waals surface area contributed by atoms with E-state index in [9.17, 15) is 24.7 Å². The molecular weight excluding hydrogens is 265 g/mol. The van der Waals surface area contributed by atoms with Gasteiger partial charge in [-0.05, 0) is 25.0 Å². The first-order chi connectivity index (χ1) is 8.38. The summed E-state index contributed by atoms with van der Waals surface area (Å²) in [5, 5.41) is 30.1. The Morgan fingerprint density at radius 3 is 2.61 bits per heavy atom. The van der Waals surface area contributed by atoms with Crippen LogP contribution in [0.2, 0.25) is 0 Å². The zero-order valence-corrected chi connectivity index (χ0v) is 10.4. The van der Waals surface area contributed by atoms with Gasteiger partial charge in [0.1, 0.15) is 11.9 Å². The number of nitro benzene ring substituents is 1. The average Bonchev–Trinajstić information content (AvgIpc) is 2.30. The zero-order valence-electron chi connectivity index (χ0n) is 9.64. The Kier molecular flexibility index (Phi) is 5.01. The van der Waals surface area contributed by atoms with Crippen LogP contribution in [-0.4, -0.2) is 27.1 Å². The normalized spacial score (nSPS) is 14.3. The van der Waals surface area contributed by atoms with Gasteiger partial charge in [0, 0.05) is 11.4 Å². The highest BCUT2D eigenvalue weighted by atomic mass is 35.5. The number of rotatable bonds is 5. The number of nitro groups is 1. The predicted octanol–water partition coefficient (Wildman–Crippen LogP) is 2.07. The Balaban J connectivity index is 3.19. The minimum absolute atomic E-state index is 0.000633. The van der Waals surface area contributed by atoms with Crippen LogP contribution in [0.15, 0.2) is 12.1 Å². The van der Waals surface area contributed by atoms with E-state index in [0.29, 0.717) is 0 Å². The van der Waals surface area contributed by atoms with Gasteiger partial charge in [0.25, 0.3) is 5.69 Å². The van der Waals surface area contributed by atoms with Crippen LogP contribution >= 0.6 is 11.6 Å². The summed E-state index contributed by atoms with van der Waals surface area (Å²) in [6.45, 7) is 1.39. The van der Waals surface area contributed by atoms with Gasteiger partial charge in [-0.1, -0.05) is 0 Å². The highest BCUT2D eigenvalue weighted by molar-refractivity contribution is 6.17. The fourth-order valence-corrected chi connectivity index (χ4v) is 1.88. The molecule has 0 amide bonds. The minimum atomic E-state index is -1.40. The third-order valence-corrected chi connectivity index (χ3v) is 2.89. The Morgan fingerprint density at radius 1 is 1.50 bits per heavy atom. The number of hydrogen-bond donors (Lipinski definition) is 2. The molecule has 0 radical (unpaired) electrons. The van der Waals surface area contributed by atoms with Crippen molar-refractivity contribution in [2.24, 2.45) is 0 Å². The van der Waals surface area contributed by atoms with Gasteiger partial charge in [-0.2, -0.15) is 0 Å². The Hall–Kier alpha value is -1.24. The van der Waals surface area contributed by atoms with Crippen molar-refractivity contribution in [2.75, 3.05) is 5.88 Å². The molecule has 18 heavy (non-hydrogen) atoms. The van der Waals surface area contributed by atoms with Gasteiger partial charge in [0.15, 0.2) is 0 Å². The molecule has 0 bridgehead atoms. The molecule has 0 heterocycles. The topological polar surface area (TPSA) is 83.6 Å². The van der Waals surface area contributed by atoms with E-state index in [4.69, 9.17) is 11.6 Å². The first-order valence-electron chi connectivity index (χ1n) is 5.25. The molecule has 0 aliphatic heterocycles. The largest absolute Gasteiger partial charge is 0.390 e. The fourth-order valence-electron chi connectivity index (χ4n) is 1.66. The maximum Gasteiger partial charge on any atom is 0.275 e. The summed E-state index contributed by atoms with van der Waals surface area (Å²) >= 11 is 5.43. The van der Waals surface area contributed by atoms with Crippen LogP contribution in [0.25, 0.3) is 0 Å². The summed E-state index contributed by atoms with van der Waals surface area (Å²) in [5.41, 5.74) is -0.302. The van der Waals surface area contributed by atoms with Crippen molar-refractivity contribution in [1.29, 1.82) is 0 Å². The quantitative estimate of drug-likeness (QED) is 0.490. The molecule has 1 aromatic carbocycles. The summed E-state index contributed by atoms with van der Waals surface area (Å²) in [7, 11) is 0. The van der Waals surface area contributed by atoms with Crippen molar-refractivity contribution in [3.05, 3.63) is 39.2 Å². The Labute approximate surface area is 108 Å². The third-order valence-electron chi connectivity index (χ3n) is 2.67. The average molecular weight is 278 g/mol. The van der Waals surface area contributed by atoms with Gasteiger partial charge in [-0.25, -0.2) is 4.39 Å². The number of alkyl halides is 1. The van der Waals surface area contributed by atoms with Crippen LogP contribution in [0.4, 0.5) is 10.1 Å². The van der Waals surface area contributed by atoms with E-state index in [-0.39, 0.29) is 23.4 Å². The van der Waals surface area contributed by atoms with E-state index >= 15 is 0 Å². The van der Waals surface area contributed by atoms with Crippen molar-refractivity contribution >= 4 is 17.3 Å². The standard InChI is InChI=1S/C11H13ClFNO4/c1-6-8(11(16)10(15)2-3-12)4-7(13)5-9(6)14(17)18/h4-5,10-11,15-16H,2-3H2,1H3. The van der Waals surface area contributed by atoms with Crippen molar-refractivity contribution in [1.82, 2.24) is 0 Å². The maximum atomic E-state index is 13.3. The molecular formula is C11H13ClFNO4. The molecule has 0 saturated heterocycles. The van der Waals surface area contributed by atoms with Crippen LogP contribution in [0, 0.1) is 22.9 Å². The molecule has 0 aliphatic carbocycles. The van der Waals surface area contributed by atoms with Crippen LogP contribution in [-0.2, 0) is 0 Å². The van der Waals surface area contributed by atoms with Crippen molar-refractivity contribution in [2.45, 2.75) is 25.6 Å². The number of benzene rings is 1. The molecule has 5 nitrogen and oxygen atoms in total.